The monoisotopic (exact) mass is 446 g/mol. The standard InChI is InChI=1S/C27H46N2O3/c1-3-5-6-7-8-9-10-11-12-13-14-15-16-17-22-29-24-20-18-23(19-21-24)27(31)32-25(4-2)26(28)30/h18-21,25,29H,3-17,22H2,1-2H3,(H2,28,30). The first-order valence-electron chi connectivity index (χ1n) is 12.9. The van der Waals surface area contributed by atoms with Crippen LogP contribution in [0.15, 0.2) is 24.3 Å². The average molecular weight is 447 g/mol. The van der Waals surface area contributed by atoms with Gasteiger partial charge in [-0.1, -0.05) is 97.3 Å². The van der Waals surface area contributed by atoms with Gasteiger partial charge in [-0.2, -0.15) is 0 Å². The lowest BCUT2D eigenvalue weighted by Gasteiger charge is -2.13. The van der Waals surface area contributed by atoms with Gasteiger partial charge in [0, 0.05) is 12.2 Å². The third kappa shape index (κ3) is 13.4. The summed E-state index contributed by atoms with van der Waals surface area (Å²) in [6.07, 6.45) is 18.6. The molecule has 0 aliphatic heterocycles. The van der Waals surface area contributed by atoms with Crippen LogP contribution in [0.3, 0.4) is 0 Å². The van der Waals surface area contributed by atoms with Crippen LogP contribution in [0.1, 0.15) is 121 Å². The van der Waals surface area contributed by atoms with Crippen molar-refractivity contribution >= 4 is 17.6 Å². The number of carbonyl (C=O) groups is 2. The lowest BCUT2D eigenvalue weighted by Crippen LogP contribution is -2.32. The van der Waals surface area contributed by atoms with Gasteiger partial charge in [-0.3, -0.25) is 4.79 Å². The van der Waals surface area contributed by atoms with Gasteiger partial charge in [0.1, 0.15) is 0 Å². The number of hydrogen-bond donors (Lipinski definition) is 2. The molecule has 1 aromatic carbocycles. The number of benzene rings is 1. The summed E-state index contributed by atoms with van der Waals surface area (Å²) in [6.45, 7) is 4.96. The van der Waals surface area contributed by atoms with E-state index in [1.54, 1.807) is 19.1 Å². The van der Waals surface area contributed by atoms with Crippen molar-refractivity contribution in [1.29, 1.82) is 0 Å². The van der Waals surface area contributed by atoms with Crippen molar-refractivity contribution in [3.8, 4) is 0 Å². The first-order chi connectivity index (χ1) is 15.6. The number of nitrogens with two attached hydrogens (primary N) is 1. The number of anilines is 1. The molecule has 1 unspecified atom stereocenters. The Labute approximate surface area is 195 Å². The molecule has 1 rings (SSSR count). The summed E-state index contributed by atoms with van der Waals surface area (Å²) < 4.78 is 5.14. The zero-order chi connectivity index (χ0) is 23.4. The molecule has 0 saturated carbocycles. The highest BCUT2D eigenvalue weighted by Gasteiger charge is 2.19. The molecule has 0 aliphatic rings. The summed E-state index contributed by atoms with van der Waals surface area (Å²) in [5, 5.41) is 3.40. The number of primary amides is 1. The second kappa shape index (κ2) is 18.5. The molecule has 0 saturated heterocycles. The van der Waals surface area contributed by atoms with Gasteiger partial charge in [-0.25, -0.2) is 4.79 Å². The Morgan fingerprint density at radius 2 is 1.25 bits per heavy atom. The number of rotatable bonds is 20. The van der Waals surface area contributed by atoms with Gasteiger partial charge in [-0.05, 0) is 37.1 Å². The first-order valence-corrected chi connectivity index (χ1v) is 12.9. The molecule has 182 valence electrons. The van der Waals surface area contributed by atoms with Crippen molar-refractivity contribution in [3.05, 3.63) is 29.8 Å². The van der Waals surface area contributed by atoms with E-state index in [-0.39, 0.29) is 0 Å². The Morgan fingerprint density at radius 3 is 1.69 bits per heavy atom. The van der Waals surface area contributed by atoms with Gasteiger partial charge in [-0.15, -0.1) is 0 Å². The van der Waals surface area contributed by atoms with E-state index >= 15 is 0 Å². The molecule has 0 aliphatic carbocycles. The number of hydrogen-bond acceptors (Lipinski definition) is 4. The van der Waals surface area contributed by atoms with Crippen molar-refractivity contribution in [3.63, 3.8) is 0 Å². The maximum absolute atomic E-state index is 12.1. The Morgan fingerprint density at radius 1 is 0.781 bits per heavy atom. The molecule has 0 heterocycles. The maximum atomic E-state index is 12.1. The number of amides is 1. The van der Waals surface area contributed by atoms with Crippen LogP contribution in [0.25, 0.3) is 0 Å². The van der Waals surface area contributed by atoms with Gasteiger partial charge in [0.15, 0.2) is 6.10 Å². The minimum atomic E-state index is -0.874. The summed E-state index contributed by atoms with van der Waals surface area (Å²) in [7, 11) is 0. The second-order valence-corrected chi connectivity index (χ2v) is 8.80. The largest absolute Gasteiger partial charge is 0.449 e. The lowest BCUT2D eigenvalue weighted by atomic mass is 10.0. The summed E-state index contributed by atoms with van der Waals surface area (Å²) in [5.74, 6) is -1.14. The number of unbranched alkanes of at least 4 members (excludes halogenated alkanes) is 13. The highest BCUT2D eigenvalue weighted by molar-refractivity contribution is 5.92. The molecule has 1 aromatic rings. The smallest absolute Gasteiger partial charge is 0.338 e. The van der Waals surface area contributed by atoms with Crippen LogP contribution in [-0.2, 0) is 9.53 Å². The topological polar surface area (TPSA) is 81.4 Å². The van der Waals surface area contributed by atoms with E-state index in [4.69, 9.17) is 10.5 Å². The molecule has 0 spiro atoms. The van der Waals surface area contributed by atoms with Crippen molar-refractivity contribution < 1.29 is 14.3 Å². The highest BCUT2D eigenvalue weighted by Crippen LogP contribution is 2.14. The van der Waals surface area contributed by atoms with E-state index in [0.717, 1.165) is 18.7 Å². The molecule has 5 heteroatoms. The molecular weight excluding hydrogens is 400 g/mol. The zero-order valence-electron chi connectivity index (χ0n) is 20.5. The fourth-order valence-corrected chi connectivity index (χ4v) is 3.82. The van der Waals surface area contributed by atoms with Crippen LogP contribution in [0.2, 0.25) is 0 Å². The molecule has 32 heavy (non-hydrogen) atoms. The zero-order valence-corrected chi connectivity index (χ0v) is 20.5. The van der Waals surface area contributed by atoms with Gasteiger partial charge in [0.2, 0.25) is 0 Å². The van der Waals surface area contributed by atoms with Crippen molar-refractivity contribution in [2.24, 2.45) is 5.73 Å². The highest BCUT2D eigenvalue weighted by atomic mass is 16.5. The fourth-order valence-electron chi connectivity index (χ4n) is 3.82. The molecule has 0 bridgehead atoms. The quantitative estimate of drug-likeness (QED) is 0.167. The summed E-state index contributed by atoms with van der Waals surface area (Å²) in [6, 6.07) is 7.16. The van der Waals surface area contributed by atoms with Crippen molar-refractivity contribution in [1.82, 2.24) is 0 Å². The van der Waals surface area contributed by atoms with Crippen molar-refractivity contribution in [2.45, 2.75) is 116 Å². The van der Waals surface area contributed by atoms with Gasteiger partial charge < -0.3 is 15.8 Å². The molecule has 1 amide bonds. The minimum Gasteiger partial charge on any atom is -0.449 e. The Bertz CT molecular complexity index is 616. The molecule has 5 nitrogen and oxygen atoms in total. The van der Waals surface area contributed by atoms with Crippen LogP contribution < -0.4 is 11.1 Å². The SMILES string of the molecule is CCCCCCCCCCCCCCCCNc1ccc(C(=O)OC(CC)C(N)=O)cc1. The van der Waals surface area contributed by atoms with E-state index in [0.29, 0.717) is 12.0 Å². The third-order valence-corrected chi connectivity index (χ3v) is 5.92. The number of esters is 1. The molecule has 0 fully saturated rings. The van der Waals surface area contributed by atoms with Crippen LogP contribution in [-0.4, -0.2) is 24.5 Å². The van der Waals surface area contributed by atoms with Gasteiger partial charge in [0.05, 0.1) is 5.56 Å². The summed E-state index contributed by atoms with van der Waals surface area (Å²) >= 11 is 0. The Balaban J connectivity index is 2.01. The molecule has 0 radical (unpaired) electrons. The first kappa shape index (κ1) is 28.0. The maximum Gasteiger partial charge on any atom is 0.338 e. The van der Waals surface area contributed by atoms with Crippen LogP contribution in [0.5, 0.6) is 0 Å². The van der Waals surface area contributed by atoms with Gasteiger partial charge >= 0.3 is 5.97 Å². The Hall–Kier alpha value is -2.04. The van der Waals surface area contributed by atoms with Crippen LogP contribution in [0.4, 0.5) is 5.69 Å². The predicted octanol–water partition coefficient (Wildman–Crippen LogP) is 7.00. The molecular formula is C27H46N2O3. The molecule has 0 aromatic heterocycles. The van der Waals surface area contributed by atoms with Crippen molar-refractivity contribution in [2.75, 3.05) is 11.9 Å². The average Bonchev–Trinajstić information content (AvgIpc) is 2.80. The van der Waals surface area contributed by atoms with E-state index in [2.05, 4.69) is 12.2 Å². The van der Waals surface area contributed by atoms with E-state index < -0.39 is 18.0 Å². The lowest BCUT2D eigenvalue weighted by molar-refractivity contribution is -0.126. The number of ether oxygens (including phenoxy) is 1. The van der Waals surface area contributed by atoms with Crippen LogP contribution >= 0.6 is 0 Å². The second-order valence-electron chi connectivity index (χ2n) is 8.80. The van der Waals surface area contributed by atoms with Gasteiger partial charge in [0.25, 0.3) is 5.91 Å². The normalized spacial score (nSPS) is 11.8. The number of nitrogens with one attached hydrogen (secondary N) is 1. The van der Waals surface area contributed by atoms with Crippen LogP contribution in [0, 0.1) is 0 Å². The summed E-state index contributed by atoms with van der Waals surface area (Å²) in [4.78, 5) is 23.3. The third-order valence-electron chi connectivity index (χ3n) is 5.92. The number of carbonyl (C=O) groups excluding carboxylic acids is 2. The Kier molecular flexibility index (Phi) is 16.2. The molecule has 3 N–H and O–H groups in total. The predicted molar refractivity (Wildman–Crippen MR) is 134 cm³/mol. The fraction of sp³-hybridized carbons (Fsp3) is 0.704. The van der Waals surface area contributed by atoms with E-state index in [1.165, 1.54) is 83.5 Å². The minimum absolute atomic E-state index is 0.375. The molecule has 1 atom stereocenters. The summed E-state index contributed by atoms with van der Waals surface area (Å²) in [5.41, 5.74) is 6.63. The van der Waals surface area contributed by atoms with E-state index in [1.807, 2.05) is 12.1 Å². The van der Waals surface area contributed by atoms with E-state index in [9.17, 15) is 9.59 Å².